The highest BCUT2D eigenvalue weighted by Crippen LogP contribution is 2.32. The van der Waals surface area contributed by atoms with Crippen LogP contribution >= 0.6 is 0 Å². The molecule has 24 heavy (non-hydrogen) atoms. The Morgan fingerprint density at radius 3 is 2.96 bits per heavy atom. The highest BCUT2D eigenvalue weighted by atomic mass is 19.3. The highest BCUT2D eigenvalue weighted by molar-refractivity contribution is 5.76. The summed E-state index contributed by atoms with van der Waals surface area (Å²) in [5, 5.41) is 6.03. The number of benzene rings is 1. The van der Waals surface area contributed by atoms with Gasteiger partial charge in [-0.15, -0.1) is 0 Å². The van der Waals surface area contributed by atoms with Crippen molar-refractivity contribution in [3.8, 4) is 11.5 Å². The van der Waals surface area contributed by atoms with Gasteiger partial charge in [0, 0.05) is 18.5 Å². The van der Waals surface area contributed by atoms with Crippen LogP contribution in [0.5, 0.6) is 11.5 Å². The fraction of sp³-hybridized carbons (Fsp3) is 0.588. The van der Waals surface area contributed by atoms with Gasteiger partial charge in [0.25, 0.3) is 0 Å². The average molecular weight is 342 g/mol. The third-order valence-electron chi connectivity index (χ3n) is 3.99. The Labute approximate surface area is 140 Å². The van der Waals surface area contributed by atoms with E-state index in [0.29, 0.717) is 24.5 Å². The molecular weight excluding hydrogens is 318 g/mol. The van der Waals surface area contributed by atoms with Crippen LogP contribution < -0.4 is 20.1 Å². The van der Waals surface area contributed by atoms with Gasteiger partial charge in [-0.25, -0.2) is 0 Å². The molecule has 0 aromatic heterocycles. The molecule has 1 atom stereocenters. The van der Waals surface area contributed by atoms with Gasteiger partial charge in [-0.3, -0.25) is 4.79 Å². The molecule has 0 spiro atoms. The first kappa shape index (κ1) is 18.4. The molecule has 2 N–H and O–H groups in total. The van der Waals surface area contributed by atoms with Crippen LogP contribution in [0.4, 0.5) is 8.78 Å². The van der Waals surface area contributed by atoms with Crippen LogP contribution in [-0.4, -0.2) is 32.2 Å². The van der Waals surface area contributed by atoms with Crippen molar-refractivity contribution < 1.29 is 23.0 Å². The Hall–Kier alpha value is -1.89. The smallest absolute Gasteiger partial charge is 0.387 e. The number of carbonyl (C=O) groups is 1. The van der Waals surface area contributed by atoms with E-state index in [9.17, 15) is 13.6 Å². The fourth-order valence-electron chi connectivity index (χ4n) is 2.77. The molecule has 1 heterocycles. The quantitative estimate of drug-likeness (QED) is 0.724. The number of amides is 1. The van der Waals surface area contributed by atoms with Crippen molar-refractivity contribution in [3.05, 3.63) is 23.8 Å². The van der Waals surface area contributed by atoms with Crippen molar-refractivity contribution in [2.75, 3.05) is 19.7 Å². The molecule has 0 bridgehead atoms. The summed E-state index contributed by atoms with van der Waals surface area (Å²) >= 11 is 0. The third-order valence-corrected chi connectivity index (χ3v) is 3.99. The van der Waals surface area contributed by atoms with Gasteiger partial charge in [0.15, 0.2) is 11.5 Å². The van der Waals surface area contributed by atoms with Crippen molar-refractivity contribution in [2.24, 2.45) is 5.92 Å². The Morgan fingerprint density at radius 2 is 2.29 bits per heavy atom. The Bertz CT molecular complexity index is 535. The van der Waals surface area contributed by atoms with Crippen LogP contribution in [0.15, 0.2) is 18.2 Å². The van der Waals surface area contributed by atoms with Crippen molar-refractivity contribution >= 4 is 5.91 Å². The van der Waals surface area contributed by atoms with Gasteiger partial charge >= 0.3 is 6.61 Å². The SMILES string of the molecule is CCOc1cccc(CNC(=O)CCC2CCNC2)c1OC(F)F. The molecule has 1 aromatic rings. The van der Waals surface area contributed by atoms with E-state index < -0.39 is 6.61 Å². The third kappa shape index (κ3) is 5.63. The molecule has 1 unspecified atom stereocenters. The minimum atomic E-state index is -2.95. The molecule has 2 rings (SSSR count). The topological polar surface area (TPSA) is 59.6 Å². The van der Waals surface area contributed by atoms with Gasteiger partial charge in [0.1, 0.15) is 0 Å². The summed E-state index contributed by atoms with van der Waals surface area (Å²) in [7, 11) is 0. The molecule has 0 aliphatic carbocycles. The largest absolute Gasteiger partial charge is 0.490 e. The molecule has 1 aromatic carbocycles. The van der Waals surface area contributed by atoms with Crippen molar-refractivity contribution in [1.82, 2.24) is 10.6 Å². The fourth-order valence-corrected chi connectivity index (χ4v) is 2.77. The van der Waals surface area contributed by atoms with Crippen LogP contribution in [-0.2, 0) is 11.3 Å². The summed E-state index contributed by atoms with van der Waals surface area (Å²) in [4.78, 5) is 12.0. The van der Waals surface area contributed by atoms with E-state index in [2.05, 4.69) is 15.4 Å². The van der Waals surface area contributed by atoms with Crippen molar-refractivity contribution in [3.63, 3.8) is 0 Å². The maximum atomic E-state index is 12.6. The van der Waals surface area contributed by atoms with Gasteiger partial charge < -0.3 is 20.1 Å². The molecule has 0 saturated carbocycles. The maximum Gasteiger partial charge on any atom is 0.387 e. The average Bonchev–Trinajstić information content (AvgIpc) is 3.06. The van der Waals surface area contributed by atoms with Crippen LogP contribution in [0, 0.1) is 5.92 Å². The summed E-state index contributed by atoms with van der Waals surface area (Å²) in [5.74, 6) is 0.678. The molecule has 1 saturated heterocycles. The van der Waals surface area contributed by atoms with Crippen molar-refractivity contribution in [1.29, 1.82) is 0 Å². The molecular formula is C17H24F2N2O3. The first-order valence-electron chi connectivity index (χ1n) is 8.27. The lowest BCUT2D eigenvalue weighted by Crippen LogP contribution is -2.24. The van der Waals surface area contributed by atoms with E-state index in [1.54, 1.807) is 25.1 Å². The standard InChI is InChI=1S/C17H24F2N2O3/c1-2-23-14-5-3-4-13(16(14)24-17(18)19)11-21-15(22)7-6-12-8-9-20-10-12/h3-5,12,17,20H,2,6-11H2,1H3,(H,21,22). The van der Waals surface area contributed by atoms with Crippen LogP contribution in [0.1, 0.15) is 31.7 Å². The highest BCUT2D eigenvalue weighted by Gasteiger charge is 2.18. The maximum absolute atomic E-state index is 12.6. The van der Waals surface area contributed by atoms with Gasteiger partial charge in [-0.2, -0.15) is 8.78 Å². The Balaban J connectivity index is 1.92. The normalized spacial score (nSPS) is 17.1. The molecule has 1 aliphatic rings. The monoisotopic (exact) mass is 342 g/mol. The summed E-state index contributed by atoms with van der Waals surface area (Å²) in [6.45, 7) is 1.24. The van der Waals surface area contributed by atoms with E-state index in [0.717, 1.165) is 25.9 Å². The molecule has 1 fully saturated rings. The minimum absolute atomic E-state index is 0.0188. The van der Waals surface area contributed by atoms with E-state index in [1.807, 2.05) is 0 Å². The number of alkyl halides is 2. The molecule has 7 heteroatoms. The van der Waals surface area contributed by atoms with Gasteiger partial charge in [-0.1, -0.05) is 12.1 Å². The lowest BCUT2D eigenvalue weighted by atomic mass is 10.0. The number of ether oxygens (including phenoxy) is 2. The summed E-state index contributed by atoms with van der Waals surface area (Å²) in [5.41, 5.74) is 0.470. The molecule has 5 nitrogen and oxygen atoms in total. The van der Waals surface area contributed by atoms with Gasteiger partial charge in [0.2, 0.25) is 5.91 Å². The summed E-state index contributed by atoms with van der Waals surface area (Å²) in [6, 6.07) is 4.90. The van der Waals surface area contributed by atoms with Crippen LogP contribution in [0.3, 0.4) is 0 Å². The lowest BCUT2D eigenvalue weighted by molar-refractivity contribution is -0.121. The van der Waals surface area contributed by atoms with Crippen LogP contribution in [0.2, 0.25) is 0 Å². The number of hydrogen-bond donors (Lipinski definition) is 2. The second-order valence-corrected chi connectivity index (χ2v) is 5.73. The second-order valence-electron chi connectivity index (χ2n) is 5.73. The number of para-hydroxylation sites is 1. The molecule has 1 amide bonds. The first-order valence-corrected chi connectivity index (χ1v) is 8.27. The number of carbonyl (C=O) groups excluding carboxylic acids is 1. The minimum Gasteiger partial charge on any atom is -0.490 e. The van der Waals surface area contributed by atoms with Crippen molar-refractivity contribution in [2.45, 2.75) is 39.3 Å². The van der Waals surface area contributed by atoms with E-state index in [1.165, 1.54) is 0 Å². The predicted octanol–water partition coefficient (Wildman–Crippen LogP) is 2.69. The summed E-state index contributed by atoms with van der Waals surface area (Å²) in [6.07, 6.45) is 2.36. The van der Waals surface area contributed by atoms with Crippen LogP contribution in [0.25, 0.3) is 0 Å². The Morgan fingerprint density at radius 1 is 1.46 bits per heavy atom. The number of nitrogens with one attached hydrogen (secondary N) is 2. The summed E-state index contributed by atoms with van der Waals surface area (Å²) < 4.78 is 35.2. The molecule has 1 aliphatic heterocycles. The number of hydrogen-bond acceptors (Lipinski definition) is 4. The molecule has 134 valence electrons. The van der Waals surface area contributed by atoms with E-state index >= 15 is 0 Å². The zero-order chi connectivity index (χ0) is 17.4. The lowest BCUT2D eigenvalue weighted by Gasteiger charge is -2.16. The predicted molar refractivity (Wildman–Crippen MR) is 86.3 cm³/mol. The van der Waals surface area contributed by atoms with Gasteiger partial charge in [-0.05, 0) is 44.8 Å². The Kier molecular flexibility index (Phi) is 7.24. The zero-order valence-electron chi connectivity index (χ0n) is 13.8. The van der Waals surface area contributed by atoms with E-state index in [4.69, 9.17) is 4.74 Å². The molecule has 0 radical (unpaired) electrons. The zero-order valence-corrected chi connectivity index (χ0v) is 13.8. The first-order chi connectivity index (χ1) is 11.6. The number of halogens is 2. The number of rotatable bonds is 9. The van der Waals surface area contributed by atoms with Gasteiger partial charge in [0.05, 0.1) is 6.61 Å². The van der Waals surface area contributed by atoms with E-state index in [-0.39, 0.29) is 24.0 Å². The second kappa shape index (κ2) is 9.42.